The summed E-state index contributed by atoms with van der Waals surface area (Å²) in [5, 5.41) is 2.92. The van der Waals surface area contributed by atoms with E-state index in [0.717, 1.165) is 30.9 Å². The van der Waals surface area contributed by atoms with Crippen molar-refractivity contribution in [2.75, 3.05) is 13.7 Å². The normalized spacial score (nSPS) is 15.7. The van der Waals surface area contributed by atoms with Crippen LogP contribution in [0.1, 0.15) is 35.6 Å². The highest BCUT2D eigenvalue weighted by molar-refractivity contribution is 5.89. The molecule has 5 nitrogen and oxygen atoms in total. The maximum absolute atomic E-state index is 13.6. The molecule has 1 N–H and O–H groups in total. The lowest BCUT2D eigenvalue weighted by Gasteiger charge is -2.26. The van der Waals surface area contributed by atoms with E-state index in [9.17, 15) is 14.0 Å². The van der Waals surface area contributed by atoms with Gasteiger partial charge in [-0.1, -0.05) is 30.3 Å². The van der Waals surface area contributed by atoms with Crippen LogP contribution in [0.4, 0.5) is 4.39 Å². The van der Waals surface area contributed by atoms with Crippen molar-refractivity contribution >= 4 is 18.0 Å². The predicted molar refractivity (Wildman–Crippen MR) is 103 cm³/mol. The number of carbonyl (C=O) groups excluding carboxylic acids is 2. The predicted octanol–water partition coefficient (Wildman–Crippen LogP) is 3.58. The summed E-state index contributed by atoms with van der Waals surface area (Å²) in [6.07, 6.45) is 5.45. The fraction of sp³-hybridized carbons (Fsp3) is 0.273. The maximum Gasteiger partial charge on any atom is 0.331 e. The molecule has 0 aliphatic heterocycles. The zero-order valence-electron chi connectivity index (χ0n) is 15.6. The van der Waals surface area contributed by atoms with Crippen LogP contribution in [-0.2, 0) is 20.7 Å². The van der Waals surface area contributed by atoms with Gasteiger partial charge in [0.25, 0.3) is 5.91 Å². The molecule has 0 spiro atoms. The van der Waals surface area contributed by atoms with Gasteiger partial charge in [0, 0.05) is 6.08 Å². The molecule has 1 aliphatic carbocycles. The van der Waals surface area contributed by atoms with E-state index in [2.05, 4.69) is 11.4 Å². The van der Waals surface area contributed by atoms with Crippen LogP contribution < -0.4 is 10.1 Å². The van der Waals surface area contributed by atoms with Gasteiger partial charge >= 0.3 is 5.97 Å². The minimum atomic E-state index is -0.671. The van der Waals surface area contributed by atoms with Crippen LogP contribution in [-0.4, -0.2) is 25.6 Å². The number of ether oxygens (including phenoxy) is 2. The molecule has 2 aromatic rings. The lowest BCUT2D eigenvalue weighted by molar-refractivity contribution is -0.144. The summed E-state index contributed by atoms with van der Waals surface area (Å²) in [7, 11) is 1.38. The Morgan fingerprint density at radius 2 is 2.07 bits per heavy atom. The molecule has 2 aromatic carbocycles. The van der Waals surface area contributed by atoms with Crippen molar-refractivity contribution in [3.63, 3.8) is 0 Å². The third-order valence-corrected chi connectivity index (χ3v) is 4.64. The number of esters is 1. The summed E-state index contributed by atoms with van der Waals surface area (Å²) in [6.45, 7) is -0.362. The molecule has 0 radical (unpaired) electrons. The van der Waals surface area contributed by atoms with Crippen molar-refractivity contribution in [2.24, 2.45) is 0 Å². The van der Waals surface area contributed by atoms with E-state index in [4.69, 9.17) is 9.47 Å². The summed E-state index contributed by atoms with van der Waals surface area (Å²) in [5.74, 6) is -1.42. The zero-order valence-corrected chi connectivity index (χ0v) is 15.6. The van der Waals surface area contributed by atoms with E-state index < -0.39 is 11.8 Å². The summed E-state index contributed by atoms with van der Waals surface area (Å²) >= 11 is 0. The SMILES string of the molecule is COc1ccc(/C=C/C(=O)OCC(=O)N[C@@H]2CCCc3ccccc32)cc1F. The molecule has 0 unspecified atom stereocenters. The van der Waals surface area contributed by atoms with E-state index in [1.165, 1.54) is 30.9 Å². The van der Waals surface area contributed by atoms with Gasteiger partial charge < -0.3 is 14.8 Å². The van der Waals surface area contributed by atoms with Crippen LogP contribution in [0.2, 0.25) is 0 Å². The smallest absolute Gasteiger partial charge is 0.331 e. The topological polar surface area (TPSA) is 64.6 Å². The molecule has 1 amide bonds. The fourth-order valence-corrected chi connectivity index (χ4v) is 3.28. The minimum absolute atomic E-state index is 0.0611. The van der Waals surface area contributed by atoms with Crippen molar-refractivity contribution in [2.45, 2.75) is 25.3 Å². The number of nitrogens with one attached hydrogen (secondary N) is 1. The number of carbonyl (C=O) groups is 2. The summed E-state index contributed by atoms with van der Waals surface area (Å²) < 4.78 is 23.4. The van der Waals surface area contributed by atoms with Gasteiger partial charge in [-0.2, -0.15) is 0 Å². The third-order valence-electron chi connectivity index (χ3n) is 4.64. The van der Waals surface area contributed by atoms with Crippen molar-refractivity contribution in [3.05, 3.63) is 71.0 Å². The van der Waals surface area contributed by atoms with E-state index in [0.29, 0.717) is 5.56 Å². The van der Waals surface area contributed by atoms with Gasteiger partial charge in [-0.05, 0) is 54.2 Å². The van der Waals surface area contributed by atoms with Crippen LogP contribution in [0.5, 0.6) is 5.75 Å². The van der Waals surface area contributed by atoms with Gasteiger partial charge in [0.1, 0.15) is 0 Å². The lowest BCUT2D eigenvalue weighted by Crippen LogP contribution is -2.34. The number of amides is 1. The van der Waals surface area contributed by atoms with Crippen LogP contribution >= 0.6 is 0 Å². The number of hydrogen-bond donors (Lipinski definition) is 1. The Morgan fingerprint density at radius 1 is 1.25 bits per heavy atom. The Labute approximate surface area is 163 Å². The van der Waals surface area contributed by atoms with Gasteiger partial charge in [-0.15, -0.1) is 0 Å². The molecule has 28 heavy (non-hydrogen) atoms. The molecule has 0 bridgehead atoms. The van der Waals surface area contributed by atoms with Crippen molar-refractivity contribution in [1.82, 2.24) is 5.32 Å². The first kappa shape index (κ1) is 19.6. The molecule has 0 aromatic heterocycles. The number of fused-ring (bicyclic) bond motifs is 1. The Balaban J connectivity index is 1.49. The molecule has 6 heteroatoms. The second-order valence-electron chi connectivity index (χ2n) is 6.55. The molecule has 1 atom stereocenters. The van der Waals surface area contributed by atoms with Crippen LogP contribution in [0.15, 0.2) is 48.5 Å². The highest BCUT2D eigenvalue weighted by Gasteiger charge is 2.21. The summed E-state index contributed by atoms with van der Waals surface area (Å²) in [4.78, 5) is 24.0. The quantitative estimate of drug-likeness (QED) is 0.612. The van der Waals surface area contributed by atoms with Crippen molar-refractivity contribution < 1.29 is 23.5 Å². The van der Waals surface area contributed by atoms with Crippen LogP contribution in [0.3, 0.4) is 0 Å². The maximum atomic E-state index is 13.6. The monoisotopic (exact) mass is 383 g/mol. The van der Waals surface area contributed by atoms with E-state index in [1.54, 1.807) is 6.07 Å². The molecule has 0 fully saturated rings. The Bertz CT molecular complexity index is 894. The van der Waals surface area contributed by atoms with Crippen molar-refractivity contribution in [3.8, 4) is 5.75 Å². The second-order valence-corrected chi connectivity index (χ2v) is 6.55. The number of aryl methyl sites for hydroxylation is 1. The van der Waals surface area contributed by atoms with Crippen molar-refractivity contribution in [1.29, 1.82) is 0 Å². The number of halogens is 1. The lowest BCUT2D eigenvalue weighted by atomic mass is 9.88. The van der Waals surface area contributed by atoms with Gasteiger partial charge in [-0.25, -0.2) is 9.18 Å². The minimum Gasteiger partial charge on any atom is -0.494 e. The fourth-order valence-electron chi connectivity index (χ4n) is 3.28. The standard InChI is InChI=1S/C22H22FNO4/c1-27-20-11-9-15(13-18(20)23)10-12-22(26)28-14-21(25)24-19-8-4-6-16-5-2-3-7-17(16)19/h2-3,5,7,9-13,19H,4,6,8,14H2,1H3,(H,24,25)/b12-10+/t19-/m1/s1. The molecular formula is C22H22FNO4. The molecule has 3 rings (SSSR count). The van der Waals surface area contributed by atoms with Gasteiger partial charge in [0.15, 0.2) is 18.2 Å². The summed E-state index contributed by atoms with van der Waals surface area (Å²) in [5.41, 5.74) is 2.85. The largest absolute Gasteiger partial charge is 0.494 e. The van der Waals surface area contributed by atoms with Gasteiger partial charge in [-0.3, -0.25) is 4.79 Å². The number of methoxy groups -OCH3 is 1. The second kappa shape index (κ2) is 9.17. The number of hydrogen-bond acceptors (Lipinski definition) is 4. The Morgan fingerprint density at radius 3 is 2.86 bits per heavy atom. The van der Waals surface area contributed by atoms with Crippen LogP contribution in [0.25, 0.3) is 6.08 Å². The number of rotatable bonds is 6. The van der Waals surface area contributed by atoms with Crippen LogP contribution in [0, 0.1) is 5.82 Å². The Hall–Kier alpha value is -3.15. The van der Waals surface area contributed by atoms with E-state index in [1.807, 2.05) is 18.2 Å². The van der Waals surface area contributed by atoms with E-state index >= 15 is 0 Å². The first-order chi connectivity index (χ1) is 13.6. The molecule has 0 heterocycles. The molecule has 146 valence electrons. The first-order valence-electron chi connectivity index (χ1n) is 9.12. The summed E-state index contributed by atoms with van der Waals surface area (Å²) in [6, 6.07) is 12.3. The average molecular weight is 383 g/mol. The highest BCUT2D eigenvalue weighted by atomic mass is 19.1. The first-order valence-corrected chi connectivity index (χ1v) is 9.12. The average Bonchev–Trinajstić information content (AvgIpc) is 2.71. The number of benzene rings is 2. The molecule has 0 saturated heterocycles. The van der Waals surface area contributed by atoms with Gasteiger partial charge in [0.2, 0.25) is 0 Å². The molecule has 1 aliphatic rings. The zero-order chi connectivity index (χ0) is 19.9. The van der Waals surface area contributed by atoms with E-state index in [-0.39, 0.29) is 24.3 Å². The molecular weight excluding hydrogens is 361 g/mol. The third kappa shape index (κ3) is 4.97. The van der Waals surface area contributed by atoms with Gasteiger partial charge in [0.05, 0.1) is 13.2 Å². The Kier molecular flexibility index (Phi) is 6.42. The highest BCUT2D eigenvalue weighted by Crippen LogP contribution is 2.29. The molecule has 0 saturated carbocycles.